The van der Waals surface area contributed by atoms with Gasteiger partial charge in [0.2, 0.25) is 0 Å². The van der Waals surface area contributed by atoms with Crippen LogP contribution in [0.2, 0.25) is 0 Å². The van der Waals surface area contributed by atoms with E-state index in [0.717, 1.165) is 16.9 Å². The summed E-state index contributed by atoms with van der Waals surface area (Å²) >= 11 is 0. The average molecular weight is 315 g/mol. The molecule has 0 aliphatic carbocycles. The van der Waals surface area contributed by atoms with E-state index in [1.165, 1.54) is 0 Å². The van der Waals surface area contributed by atoms with Crippen molar-refractivity contribution in [3.63, 3.8) is 0 Å². The minimum Gasteiger partial charge on any atom is -0.481 e. The van der Waals surface area contributed by atoms with Gasteiger partial charge in [0.15, 0.2) is 6.10 Å². The number of rotatable bonds is 7. The molecule has 5 heteroatoms. The van der Waals surface area contributed by atoms with E-state index < -0.39 is 6.10 Å². The number of ether oxygens (including phenoxy) is 1. The molecular weight excluding hydrogens is 290 g/mol. The first-order valence-electron chi connectivity index (χ1n) is 7.99. The molecule has 0 fully saturated rings. The molecule has 1 heterocycles. The predicted molar refractivity (Wildman–Crippen MR) is 90.6 cm³/mol. The van der Waals surface area contributed by atoms with Crippen LogP contribution >= 0.6 is 0 Å². The fraction of sp³-hybridized carbons (Fsp3) is 0.444. The van der Waals surface area contributed by atoms with E-state index >= 15 is 0 Å². The zero-order valence-electron chi connectivity index (χ0n) is 14.2. The first-order valence-corrected chi connectivity index (χ1v) is 7.99. The van der Waals surface area contributed by atoms with Gasteiger partial charge in [-0.3, -0.25) is 9.48 Å². The number of hydrogen-bond acceptors (Lipinski definition) is 3. The molecule has 1 N–H and O–H groups in total. The van der Waals surface area contributed by atoms with Crippen LogP contribution in [0.1, 0.15) is 37.8 Å². The summed E-state index contributed by atoms with van der Waals surface area (Å²) in [5.41, 5.74) is 2.24. The highest BCUT2D eigenvalue weighted by Gasteiger charge is 2.17. The highest BCUT2D eigenvalue weighted by atomic mass is 16.5. The normalized spacial score (nSPS) is 12.2. The summed E-state index contributed by atoms with van der Waals surface area (Å²) in [6.07, 6.45) is 3.05. The summed E-state index contributed by atoms with van der Waals surface area (Å²) in [4.78, 5) is 12.2. The van der Waals surface area contributed by atoms with Gasteiger partial charge in [-0.2, -0.15) is 5.10 Å². The summed E-state index contributed by atoms with van der Waals surface area (Å²) in [5, 5.41) is 6.98. The minimum atomic E-state index is -0.535. The van der Waals surface area contributed by atoms with Gasteiger partial charge >= 0.3 is 0 Å². The van der Waals surface area contributed by atoms with Crippen LogP contribution in [-0.2, 0) is 11.3 Å². The van der Waals surface area contributed by atoms with Crippen LogP contribution in [-0.4, -0.2) is 28.3 Å². The molecule has 0 radical (unpaired) electrons. The maximum absolute atomic E-state index is 12.2. The number of amides is 1. The molecule has 0 aliphatic heterocycles. The molecule has 2 aromatic rings. The molecule has 0 bridgehead atoms. The Morgan fingerprint density at radius 3 is 2.78 bits per heavy atom. The van der Waals surface area contributed by atoms with Crippen LogP contribution in [0, 0.1) is 6.92 Å². The zero-order valence-corrected chi connectivity index (χ0v) is 14.2. The van der Waals surface area contributed by atoms with Crippen molar-refractivity contribution in [2.24, 2.45) is 0 Å². The smallest absolute Gasteiger partial charge is 0.260 e. The fourth-order valence-corrected chi connectivity index (χ4v) is 2.33. The van der Waals surface area contributed by atoms with Crippen LogP contribution in [0.25, 0.3) is 0 Å². The van der Waals surface area contributed by atoms with Crippen molar-refractivity contribution < 1.29 is 9.53 Å². The Morgan fingerprint density at radius 1 is 1.35 bits per heavy atom. The zero-order chi connectivity index (χ0) is 16.8. The van der Waals surface area contributed by atoms with Crippen molar-refractivity contribution in [2.45, 2.75) is 46.3 Å². The Morgan fingerprint density at radius 2 is 2.13 bits per heavy atom. The predicted octanol–water partition coefficient (Wildman–Crippen LogP) is 2.90. The van der Waals surface area contributed by atoms with E-state index in [2.05, 4.69) is 36.4 Å². The van der Waals surface area contributed by atoms with Crippen molar-refractivity contribution in [2.75, 3.05) is 6.54 Å². The van der Waals surface area contributed by atoms with Gasteiger partial charge in [-0.15, -0.1) is 0 Å². The van der Waals surface area contributed by atoms with Crippen molar-refractivity contribution in [3.05, 3.63) is 47.8 Å². The molecule has 23 heavy (non-hydrogen) atoms. The first kappa shape index (κ1) is 17.1. The van der Waals surface area contributed by atoms with Gasteiger partial charge in [0.1, 0.15) is 5.75 Å². The summed E-state index contributed by atoms with van der Waals surface area (Å²) in [6.45, 7) is 9.20. The summed E-state index contributed by atoms with van der Waals surface area (Å²) in [6, 6.07) is 7.98. The maximum atomic E-state index is 12.2. The van der Waals surface area contributed by atoms with E-state index in [0.29, 0.717) is 19.0 Å². The van der Waals surface area contributed by atoms with Gasteiger partial charge in [0, 0.05) is 18.9 Å². The van der Waals surface area contributed by atoms with Crippen LogP contribution in [0.5, 0.6) is 5.75 Å². The number of hydrogen-bond donors (Lipinski definition) is 1. The lowest BCUT2D eigenvalue weighted by molar-refractivity contribution is -0.127. The Hall–Kier alpha value is -2.30. The SMILES string of the molecule is Cc1ccc(C(C)C)c(OC(C)C(=O)NCCn2cccn2)c1. The van der Waals surface area contributed by atoms with Gasteiger partial charge in [0.25, 0.3) is 5.91 Å². The second kappa shape index (κ2) is 7.81. The molecule has 2 rings (SSSR count). The third kappa shape index (κ3) is 4.84. The number of carbonyl (C=O) groups is 1. The van der Waals surface area contributed by atoms with E-state index in [1.807, 2.05) is 25.3 Å². The van der Waals surface area contributed by atoms with Crippen molar-refractivity contribution in [3.8, 4) is 5.75 Å². The lowest BCUT2D eigenvalue weighted by Gasteiger charge is -2.19. The average Bonchev–Trinajstić information content (AvgIpc) is 3.00. The van der Waals surface area contributed by atoms with E-state index in [1.54, 1.807) is 17.8 Å². The Kier molecular flexibility index (Phi) is 5.79. The quantitative estimate of drug-likeness (QED) is 0.855. The van der Waals surface area contributed by atoms with Crippen molar-refractivity contribution in [1.29, 1.82) is 0 Å². The largest absolute Gasteiger partial charge is 0.481 e. The topological polar surface area (TPSA) is 56.1 Å². The highest BCUT2D eigenvalue weighted by molar-refractivity contribution is 5.80. The third-order valence-electron chi connectivity index (χ3n) is 3.66. The summed E-state index contributed by atoms with van der Waals surface area (Å²) in [5.74, 6) is 1.02. The number of nitrogens with one attached hydrogen (secondary N) is 1. The molecule has 1 aromatic carbocycles. The highest BCUT2D eigenvalue weighted by Crippen LogP contribution is 2.28. The van der Waals surface area contributed by atoms with Gasteiger partial charge in [-0.05, 0) is 43.0 Å². The molecule has 0 saturated heterocycles. The lowest BCUT2D eigenvalue weighted by atomic mass is 10.0. The van der Waals surface area contributed by atoms with Crippen molar-refractivity contribution in [1.82, 2.24) is 15.1 Å². The van der Waals surface area contributed by atoms with E-state index in [4.69, 9.17) is 4.74 Å². The van der Waals surface area contributed by atoms with Crippen LogP contribution in [0.4, 0.5) is 0 Å². The minimum absolute atomic E-state index is 0.117. The molecule has 0 saturated carbocycles. The standard InChI is InChI=1S/C18H25N3O2/c1-13(2)16-7-6-14(3)12-17(16)23-15(4)18(22)19-9-11-21-10-5-8-20-21/h5-8,10,12-13,15H,9,11H2,1-4H3,(H,19,22). The number of benzene rings is 1. The Labute approximate surface area is 137 Å². The molecule has 5 nitrogen and oxygen atoms in total. The Bertz CT molecular complexity index is 636. The van der Waals surface area contributed by atoms with Gasteiger partial charge < -0.3 is 10.1 Å². The first-order chi connectivity index (χ1) is 11.0. The monoisotopic (exact) mass is 315 g/mol. The number of carbonyl (C=O) groups excluding carboxylic acids is 1. The molecular formula is C18H25N3O2. The van der Waals surface area contributed by atoms with Crippen LogP contribution < -0.4 is 10.1 Å². The summed E-state index contributed by atoms with van der Waals surface area (Å²) in [7, 11) is 0. The number of aryl methyl sites for hydroxylation is 1. The lowest BCUT2D eigenvalue weighted by Crippen LogP contribution is -2.38. The Balaban J connectivity index is 1.91. The summed E-state index contributed by atoms with van der Waals surface area (Å²) < 4.78 is 7.68. The molecule has 124 valence electrons. The van der Waals surface area contributed by atoms with Crippen LogP contribution in [0.3, 0.4) is 0 Å². The second-order valence-corrected chi connectivity index (χ2v) is 6.02. The molecule has 0 aliphatic rings. The fourth-order valence-electron chi connectivity index (χ4n) is 2.33. The molecule has 1 amide bonds. The van der Waals surface area contributed by atoms with Gasteiger partial charge in [-0.1, -0.05) is 26.0 Å². The third-order valence-corrected chi connectivity index (χ3v) is 3.66. The van der Waals surface area contributed by atoms with Gasteiger partial charge in [-0.25, -0.2) is 0 Å². The second-order valence-electron chi connectivity index (χ2n) is 6.02. The van der Waals surface area contributed by atoms with Crippen LogP contribution in [0.15, 0.2) is 36.7 Å². The van der Waals surface area contributed by atoms with Crippen molar-refractivity contribution >= 4 is 5.91 Å². The molecule has 0 spiro atoms. The van der Waals surface area contributed by atoms with E-state index in [9.17, 15) is 4.79 Å². The maximum Gasteiger partial charge on any atom is 0.260 e. The number of aromatic nitrogens is 2. The molecule has 1 aromatic heterocycles. The number of nitrogens with zero attached hydrogens (tertiary/aromatic N) is 2. The van der Waals surface area contributed by atoms with Gasteiger partial charge in [0.05, 0.1) is 6.54 Å². The molecule has 1 unspecified atom stereocenters. The van der Waals surface area contributed by atoms with E-state index in [-0.39, 0.29) is 5.91 Å². The molecule has 1 atom stereocenters.